The Morgan fingerprint density at radius 1 is 0.594 bits per heavy atom. The van der Waals surface area contributed by atoms with Gasteiger partial charge in [-0.3, -0.25) is 19.8 Å². The second-order valence-corrected chi connectivity index (χ2v) is 16.2. The molecule has 0 saturated carbocycles. The van der Waals surface area contributed by atoms with Crippen molar-refractivity contribution in [2.24, 2.45) is 0 Å². The third kappa shape index (κ3) is 8.78. The van der Waals surface area contributed by atoms with Gasteiger partial charge in [-0.15, -0.1) is 0 Å². The SMILES string of the molecule is Cc1cc(Cl)ccc1OC1(c2cccnc2)CN(c2ccc(C(F)(F)F)cn2)CCN1C(=O)N1CCN(c2ccc(C(F)(F)F)cn2)CC1(Oc1ccc(Cl)cc1C)c1cccnc1. The molecule has 64 heavy (non-hydrogen) atoms. The van der Waals surface area contributed by atoms with Crippen molar-refractivity contribution in [3.8, 4) is 11.5 Å². The number of rotatable bonds is 8. The average molecular weight is 924 g/mol. The molecule has 19 heteroatoms. The second-order valence-electron chi connectivity index (χ2n) is 15.3. The van der Waals surface area contributed by atoms with Crippen LogP contribution in [-0.2, 0) is 23.8 Å². The number of carbonyl (C=O) groups excluding carboxylic acids is 1. The fourth-order valence-electron chi connectivity index (χ4n) is 7.96. The maximum atomic E-state index is 16.1. The summed E-state index contributed by atoms with van der Waals surface area (Å²) < 4.78 is 96.2. The largest absolute Gasteiger partial charge is 0.461 e. The Morgan fingerprint density at radius 3 is 1.34 bits per heavy atom. The minimum atomic E-state index is -4.62. The quantitative estimate of drug-likeness (QED) is 0.138. The third-order valence-electron chi connectivity index (χ3n) is 11.2. The summed E-state index contributed by atoms with van der Waals surface area (Å²) in [5.41, 5.74) is -3.28. The maximum absolute atomic E-state index is 16.1. The maximum Gasteiger partial charge on any atom is 0.417 e. The average Bonchev–Trinajstić information content (AvgIpc) is 3.28. The summed E-state index contributed by atoms with van der Waals surface area (Å²) >= 11 is 12.8. The van der Waals surface area contributed by atoms with Gasteiger partial charge in [0.2, 0.25) is 11.4 Å². The van der Waals surface area contributed by atoms with E-state index in [1.807, 2.05) is 0 Å². The Labute approximate surface area is 373 Å². The van der Waals surface area contributed by atoms with Crippen LogP contribution in [0.3, 0.4) is 0 Å². The molecule has 2 saturated heterocycles. The molecule has 2 fully saturated rings. The normalized spacial score (nSPS) is 19.4. The first-order valence-electron chi connectivity index (χ1n) is 19.8. The monoisotopic (exact) mass is 922 g/mol. The van der Waals surface area contributed by atoms with Crippen molar-refractivity contribution in [3.05, 3.63) is 166 Å². The zero-order chi connectivity index (χ0) is 45.4. The van der Waals surface area contributed by atoms with Crippen LogP contribution in [0.5, 0.6) is 11.5 Å². The highest BCUT2D eigenvalue weighted by molar-refractivity contribution is 6.31. The number of pyridine rings is 4. The van der Waals surface area contributed by atoms with Crippen LogP contribution in [0.1, 0.15) is 33.4 Å². The zero-order valence-corrected chi connectivity index (χ0v) is 35.6. The van der Waals surface area contributed by atoms with Gasteiger partial charge in [0.15, 0.2) is 0 Å². The first kappa shape index (κ1) is 44.3. The van der Waals surface area contributed by atoms with E-state index in [0.29, 0.717) is 43.8 Å². The minimum Gasteiger partial charge on any atom is -0.461 e. The number of hydrogen-bond donors (Lipinski definition) is 0. The highest BCUT2D eigenvalue weighted by atomic mass is 35.5. The molecule has 2 atom stereocenters. The molecule has 8 rings (SSSR count). The molecule has 2 aliphatic heterocycles. The van der Waals surface area contributed by atoms with Crippen LogP contribution in [0.25, 0.3) is 0 Å². The third-order valence-corrected chi connectivity index (χ3v) is 11.7. The molecule has 2 aromatic carbocycles. The lowest BCUT2D eigenvalue weighted by Crippen LogP contribution is -2.72. The predicted molar refractivity (Wildman–Crippen MR) is 227 cm³/mol. The van der Waals surface area contributed by atoms with Crippen LogP contribution in [-0.4, -0.2) is 75.0 Å². The number of piperazine rings is 2. The van der Waals surface area contributed by atoms with Gasteiger partial charge < -0.3 is 19.3 Å². The van der Waals surface area contributed by atoms with Gasteiger partial charge in [0.05, 0.1) is 24.2 Å². The number of hydrogen-bond acceptors (Lipinski definition) is 9. The number of urea groups is 1. The summed E-state index contributed by atoms with van der Waals surface area (Å²) in [5.74, 6) is 1.10. The summed E-state index contributed by atoms with van der Waals surface area (Å²) in [6, 6.07) is 20.6. The first-order chi connectivity index (χ1) is 30.5. The molecule has 11 nitrogen and oxygen atoms in total. The Kier molecular flexibility index (Phi) is 12.0. The molecular weight excluding hydrogens is 885 g/mol. The second kappa shape index (κ2) is 17.3. The number of carbonyl (C=O) groups is 1. The van der Waals surface area contributed by atoms with E-state index in [9.17, 15) is 26.3 Å². The van der Waals surface area contributed by atoms with E-state index in [-0.39, 0.29) is 50.9 Å². The van der Waals surface area contributed by atoms with Gasteiger partial charge in [-0.1, -0.05) is 23.2 Å². The van der Waals surface area contributed by atoms with Crippen LogP contribution in [0, 0.1) is 13.8 Å². The molecule has 2 unspecified atom stereocenters. The van der Waals surface area contributed by atoms with Crippen LogP contribution < -0.4 is 19.3 Å². The fourth-order valence-corrected chi connectivity index (χ4v) is 8.41. The van der Waals surface area contributed by atoms with Crippen molar-refractivity contribution < 1.29 is 40.6 Å². The molecule has 332 valence electrons. The van der Waals surface area contributed by atoms with Gasteiger partial charge in [0, 0.05) is 84.5 Å². The molecular formula is C45H38Cl2F6N8O3. The lowest BCUT2D eigenvalue weighted by atomic mass is 9.96. The Morgan fingerprint density at radius 2 is 1.02 bits per heavy atom. The minimum absolute atomic E-state index is 0.0627. The molecule has 0 aliphatic carbocycles. The lowest BCUT2D eigenvalue weighted by Gasteiger charge is -2.55. The molecule has 0 spiro atoms. The number of anilines is 2. The van der Waals surface area contributed by atoms with E-state index in [0.717, 1.165) is 24.5 Å². The smallest absolute Gasteiger partial charge is 0.417 e. The molecule has 4 aromatic heterocycles. The van der Waals surface area contributed by atoms with Crippen LogP contribution in [0.15, 0.2) is 122 Å². The van der Waals surface area contributed by atoms with Crippen molar-refractivity contribution in [2.45, 2.75) is 37.7 Å². The summed E-state index contributed by atoms with van der Waals surface area (Å²) in [5, 5.41) is 0.868. The van der Waals surface area contributed by atoms with E-state index >= 15 is 4.79 Å². The van der Waals surface area contributed by atoms with Gasteiger partial charge in [-0.05, 0) is 110 Å². The number of aryl methyl sites for hydroxylation is 2. The summed E-state index contributed by atoms with van der Waals surface area (Å²) in [7, 11) is 0. The predicted octanol–water partition coefficient (Wildman–Crippen LogP) is 10.2. The van der Waals surface area contributed by atoms with E-state index in [1.165, 1.54) is 21.9 Å². The number of benzene rings is 2. The number of nitrogens with zero attached hydrogens (tertiary/aromatic N) is 8. The van der Waals surface area contributed by atoms with E-state index in [4.69, 9.17) is 32.7 Å². The molecule has 6 heterocycles. The van der Waals surface area contributed by atoms with Gasteiger partial charge in [-0.2, -0.15) is 26.3 Å². The van der Waals surface area contributed by atoms with Crippen molar-refractivity contribution in [1.82, 2.24) is 29.7 Å². The molecule has 6 aromatic rings. The van der Waals surface area contributed by atoms with E-state index < -0.39 is 41.0 Å². The highest BCUT2D eigenvalue weighted by Crippen LogP contribution is 2.44. The Hall–Kier alpha value is -6.33. The molecule has 2 amide bonds. The van der Waals surface area contributed by atoms with Crippen LogP contribution in [0.2, 0.25) is 10.0 Å². The number of amides is 2. The molecule has 0 N–H and O–H groups in total. The number of halogens is 8. The Balaban J connectivity index is 1.29. The standard InChI is InChI=1S/C45H38Cl2F6N8O3/c1-29-21-35(46)9-11-37(29)63-42(31-5-3-15-54-23-31)27-58(39-13-7-33(25-56-39)44(48,49)50)17-19-60(42)41(62)61-20-18-59(40-14-8-34(26-57-40)45(51,52)53)28-43(61,32-6-4-16-55-24-32)64-38-12-10-36(47)22-30(38)2/h3-16,21-26H,17-20,27-28H2,1-2H3. The molecule has 2 aliphatic rings. The molecule has 0 radical (unpaired) electrons. The van der Waals surface area contributed by atoms with Gasteiger partial charge in [0.1, 0.15) is 23.1 Å². The van der Waals surface area contributed by atoms with Gasteiger partial charge in [0.25, 0.3) is 0 Å². The number of aromatic nitrogens is 4. The Bertz CT molecular complexity index is 2440. The van der Waals surface area contributed by atoms with Gasteiger partial charge in [-0.25, -0.2) is 14.8 Å². The van der Waals surface area contributed by atoms with Crippen LogP contribution >= 0.6 is 23.2 Å². The summed E-state index contributed by atoms with van der Waals surface area (Å²) in [6.07, 6.45) is -1.52. The van der Waals surface area contributed by atoms with Crippen molar-refractivity contribution >= 4 is 40.9 Å². The molecule has 0 bridgehead atoms. The summed E-state index contributed by atoms with van der Waals surface area (Å²) in [4.78, 5) is 39.8. The number of alkyl halides is 6. The number of ether oxygens (including phenoxy) is 2. The van der Waals surface area contributed by atoms with Gasteiger partial charge >= 0.3 is 18.4 Å². The van der Waals surface area contributed by atoms with Crippen molar-refractivity contribution in [3.63, 3.8) is 0 Å². The zero-order valence-electron chi connectivity index (χ0n) is 34.1. The highest BCUT2D eigenvalue weighted by Gasteiger charge is 2.56. The summed E-state index contributed by atoms with van der Waals surface area (Å²) in [6.45, 7) is 3.36. The van der Waals surface area contributed by atoms with E-state index in [2.05, 4.69) is 19.9 Å². The first-order valence-corrected chi connectivity index (χ1v) is 20.6. The lowest BCUT2D eigenvalue weighted by molar-refractivity contribution is -0.138. The fraction of sp³-hybridized carbons (Fsp3) is 0.267. The van der Waals surface area contributed by atoms with E-state index in [1.54, 1.807) is 109 Å². The topological polar surface area (TPSA) is 100 Å². The van der Waals surface area contributed by atoms with Crippen LogP contribution in [0.4, 0.5) is 42.8 Å². The van der Waals surface area contributed by atoms with Crippen molar-refractivity contribution in [1.29, 1.82) is 0 Å². The van der Waals surface area contributed by atoms with Crippen molar-refractivity contribution in [2.75, 3.05) is 49.1 Å².